The van der Waals surface area contributed by atoms with E-state index >= 15 is 0 Å². The molecule has 0 atom stereocenters. The summed E-state index contributed by atoms with van der Waals surface area (Å²) in [6.07, 6.45) is 0. The highest BCUT2D eigenvalue weighted by molar-refractivity contribution is 7.26. The molecule has 1 heterocycles. The highest BCUT2D eigenvalue weighted by atomic mass is 32.1. The van der Waals surface area contributed by atoms with Crippen LogP contribution >= 0.6 is 11.3 Å². The molecule has 119 valence electrons. The number of benzene rings is 3. The summed E-state index contributed by atoms with van der Waals surface area (Å²) in [7, 11) is 0.763. The predicted octanol–water partition coefficient (Wildman–Crippen LogP) is 5.41. The lowest BCUT2D eigenvalue weighted by Gasteiger charge is -2.20. The molecule has 4 rings (SSSR count). The molecular formula is C20H18BO2S. The fraction of sp³-hybridized carbons (Fsp3) is 0.200. The van der Waals surface area contributed by atoms with Crippen molar-refractivity contribution < 1.29 is 9.68 Å². The first-order valence-corrected chi connectivity index (χ1v) is 8.82. The Morgan fingerprint density at radius 3 is 2.54 bits per heavy atom. The maximum absolute atomic E-state index is 9.17. The molecule has 4 aromatic rings. The second-order valence-electron chi connectivity index (χ2n) is 7.05. The minimum absolute atomic E-state index is 0.0502. The van der Waals surface area contributed by atoms with Crippen LogP contribution in [0.1, 0.15) is 26.3 Å². The van der Waals surface area contributed by atoms with Crippen molar-refractivity contribution in [1.82, 2.24) is 0 Å². The first-order chi connectivity index (χ1) is 11.5. The van der Waals surface area contributed by atoms with E-state index in [9.17, 15) is 0 Å². The zero-order valence-corrected chi connectivity index (χ0v) is 14.8. The highest BCUT2D eigenvalue weighted by Crippen LogP contribution is 2.46. The molecule has 0 saturated carbocycles. The normalized spacial score (nSPS) is 12.2. The van der Waals surface area contributed by atoms with Gasteiger partial charge in [-0.25, -0.2) is 0 Å². The molecule has 1 radical (unpaired) electrons. The summed E-state index contributed by atoms with van der Waals surface area (Å²) in [6.45, 7) is 6.74. The Labute approximate surface area is 146 Å². The van der Waals surface area contributed by atoms with Crippen LogP contribution in [-0.4, -0.2) is 12.7 Å². The molecule has 1 aromatic heterocycles. The minimum Gasteiger partial charge on any atom is -0.536 e. The Kier molecular flexibility index (Phi) is 3.55. The molecule has 0 spiro atoms. The zero-order valence-electron chi connectivity index (χ0n) is 14.0. The van der Waals surface area contributed by atoms with Gasteiger partial charge < -0.3 is 9.68 Å². The van der Waals surface area contributed by atoms with Gasteiger partial charge in [0.25, 0.3) is 0 Å². The SMILES string of the molecule is CC(C)(C)c1cccc2sc3c(O[B]O)cc4ccccc4c3c12. The topological polar surface area (TPSA) is 29.5 Å². The Bertz CT molecular complexity index is 1060. The van der Waals surface area contributed by atoms with Crippen molar-refractivity contribution in [3.63, 3.8) is 0 Å². The van der Waals surface area contributed by atoms with E-state index < -0.39 is 0 Å². The van der Waals surface area contributed by atoms with Gasteiger partial charge in [0.2, 0.25) is 0 Å². The fourth-order valence-electron chi connectivity index (χ4n) is 3.41. The summed E-state index contributed by atoms with van der Waals surface area (Å²) in [5.74, 6) is 0.701. The van der Waals surface area contributed by atoms with Gasteiger partial charge in [-0.3, -0.25) is 0 Å². The van der Waals surface area contributed by atoms with Gasteiger partial charge in [0, 0.05) is 15.5 Å². The molecular weight excluding hydrogens is 315 g/mol. The third-order valence-corrected chi connectivity index (χ3v) is 5.61. The zero-order chi connectivity index (χ0) is 16.9. The molecule has 0 aliphatic carbocycles. The van der Waals surface area contributed by atoms with Gasteiger partial charge in [-0.1, -0.05) is 57.2 Å². The molecule has 4 heteroatoms. The van der Waals surface area contributed by atoms with Crippen LogP contribution in [0.4, 0.5) is 0 Å². The standard InChI is InChI=1S/C20H18BO2S/c1-20(2,3)14-9-6-10-16-18(14)17-13-8-5-4-7-12(13)11-15(23-21-22)19(17)24-16/h4-11,22H,1-3H3. The molecule has 0 fully saturated rings. The molecule has 0 aliphatic rings. The second kappa shape index (κ2) is 5.50. The van der Waals surface area contributed by atoms with Crippen molar-refractivity contribution in [3.8, 4) is 5.75 Å². The van der Waals surface area contributed by atoms with Crippen LogP contribution in [-0.2, 0) is 5.41 Å². The summed E-state index contributed by atoms with van der Waals surface area (Å²) in [5.41, 5.74) is 1.38. The summed E-state index contributed by atoms with van der Waals surface area (Å²) in [6, 6.07) is 16.8. The van der Waals surface area contributed by atoms with Crippen LogP contribution in [0.2, 0.25) is 0 Å². The number of fused-ring (bicyclic) bond motifs is 5. The molecule has 0 saturated heterocycles. The average molecular weight is 333 g/mol. The third kappa shape index (κ3) is 2.29. The highest BCUT2D eigenvalue weighted by Gasteiger charge is 2.22. The maximum atomic E-state index is 9.17. The van der Waals surface area contributed by atoms with E-state index in [0.29, 0.717) is 5.75 Å². The third-order valence-electron chi connectivity index (χ3n) is 4.44. The Morgan fingerprint density at radius 2 is 1.79 bits per heavy atom. The quantitative estimate of drug-likeness (QED) is 0.497. The molecule has 2 nitrogen and oxygen atoms in total. The van der Waals surface area contributed by atoms with Crippen LogP contribution in [0.3, 0.4) is 0 Å². The van der Waals surface area contributed by atoms with Crippen LogP contribution in [0.5, 0.6) is 5.75 Å². The van der Waals surface area contributed by atoms with E-state index in [-0.39, 0.29) is 5.41 Å². The van der Waals surface area contributed by atoms with Crippen LogP contribution in [0, 0.1) is 0 Å². The maximum Gasteiger partial charge on any atom is 0.569 e. The van der Waals surface area contributed by atoms with E-state index in [1.165, 1.54) is 26.4 Å². The number of hydrogen-bond acceptors (Lipinski definition) is 3. The van der Waals surface area contributed by atoms with Crippen LogP contribution in [0.25, 0.3) is 30.9 Å². The van der Waals surface area contributed by atoms with Gasteiger partial charge in [0.15, 0.2) is 0 Å². The molecule has 0 aliphatic heterocycles. The average Bonchev–Trinajstić information content (AvgIpc) is 2.94. The van der Waals surface area contributed by atoms with Gasteiger partial charge in [-0.15, -0.1) is 11.3 Å². The van der Waals surface area contributed by atoms with Crippen molar-refractivity contribution in [2.24, 2.45) is 0 Å². The molecule has 3 aromatic carbocycles. The Morgan fingerprint density at radius 1 is 1.00 bits per heavy atom. The number of thiophene rings is 1. The first-order valence-electron chi connectivity index (χ1n) is 8.00. The van der Waals surface area contributed by atoms with E-state index in [2.05, 4.69) is 57.2 Å². The summed E-state index contributed by atoms with van der Waals surface area (Å²) < 4.78 is 7.74. The lowest BCUT2D eigenvalue weighted by Crippen LogP contribution is -2.11. The van der Waals surface area contributed by atoms with Gasteiger partial charge in [-0.05, 0) is 33.9 Å². The fourth-order valence-corrected chi connectivity index (χ4v) is 4.61. The molecule has 24 heavy (non-hydrogen) atoms. The largest absolute Gasteiger partial charge is 0.569 e. The van der Waals surface area contributed by atoms with Crippen LogP contribution in [0.15, 0.2) is 48.5 Å². The summed E-state index contributed by atoms with van der Waals surface area (Å²) in [5, 5.41) is 14.0. The lowest BCUT2D eigenvalue weighted by atomic mass is 9.83. The van der Waals surface area contributed by atoms with Crippen molar-refractivity contribution in [2.45, 2.75) is 26.2 Å². The summed E-state index contributed by atoms with van der Waals surface area (Å²) in [4.78, 5) is 0. The summed E-state index contributed by atoms with van der Waals surface area (Å²) >= 11 is 1.72. The monoisotopic (exact) mass is 333 g/mol. The lowest BCUT2D eigenvalue weighted by molar-refractivity contribution is 0.457. The minimum atomic E-state index is 0.0502. The van der Waals surface area contributed by atoms with E-state index in [4.69, 9.17) is 9.68 Å². The van der Waals surface area contributed by atoms with Crippen molar-refractivity contribution in [2.75, 3.05) is 0 Å². The van der Waals surface area contributed by atoms with Gasteiger partial charge in [0.1, 0.15) is 5.75 Å². The van der Waals surface area contributed by atoms with E-state index in [1.54, 1.807) is 11.3 Å². The van der Waals surface area contributed by atoms with Gasteiger partial charge in [0.05, 0.1) is 4.70 Å². The van der Waals surface area contributed by atoms with Gasteiger partial charge in [-0.2, -0.15) is 0 Å². The molecule has 1 N–H and O–H groups in total. The predicted molar refractivity (Wildman–Crippen MR) is 104 cm³/mol. The number of rotatable bonds is 2. The Balaban J connectivity index is 2.28. The van der Waals surface area contributed by atoms with Crippen molar-refractivity contribution >= 4 is 50.0 Å². The molecule has 0 bridgehead atoms. The van der Waals surface area contributed by atoms with Crippen molar-refractivity contribution in [1.29, 1.82) is 0 Å². The van der Waals surface area contributed by atoms with Gasteiger partial charge >= 0.3 is 7.69 Å². The van der Waals surface area contributed by atoms with E-state index in [0.717, 1.165) is 17.8 Å². The second-order valence-corrected chi connectivity index (χ2v) is 8.11. The molecule has 0 amide bonds. The number of hydrogen-bond donors (Lipinski definition) is 1. The van der Waals surface area contributed by atoms with Crippen molar-refractivity contribution in [3.05, 3.63) is 54.1 Å². The molecule has 0 unspecified atom stereocenters. The Hall–Kier alpha value is -2.04. The van der Waals surface area contributed by atoms with Crippen LogP contribution < -0.4 is 4.65 Å². The van der Waals surface area contributed by atoms with E-state index in [1.807, 2.05) is 12.1 Å². The first kappa shape index (κ1) is 15.5. The smallest absolute Gasteiger partial charge is 0.536 e.